The van der Waals surface area contributed by atoms with E-state index in [0.29, 0.717) is 22.8 Å². The van der Waals surface area contributed by atoms with Gasteiger partial charge in [0.15, 0.2) is 0 Å². The smallest absolute Gasteiger partial charge is 0.278 e. The third-order valence-electron chi connectivity index (χ3n) is 6.76. The van der Waals surface area contributed by atoms with Gasteiger partial charge >= 0.3 is 0 Å². The molecule has 1 aromatic rings. The first-order valence-electron chi connectivity index (χ1n) is 11.2. The van der Waals surface area contributed by atoms with Crippen LogP contribution in [0.4, 0.5) is 4.39 Å². The van der Waals surface area contributed by atoms with E-state index in [1.807, 2.05) is 0 Å². The Morgan fingerprint density at radius 1 is 0.828 bits per heavy atom. The fraction of sp³-hybridized carbons (Fsp3) is 0.583. The highest BCUT2D eigenvalue weighted by Gasteiger charge is 2.44. The van der Waals surface area contributed by atoms with Crippen LogP contribution in [0.5, 0.6) is 0 Å². The van der Waals surface area contributed by atoms with Crippen molar-refractivity contribution in [2.75, 3.05) is 13.1 Å². The van der Waals surface area contributed by atoms with Gasteiger partial charge < -0.3 is 4.90 Å². The second-order valence-electron chi connectivity index (χ2n) is 8.88. The summed E-state index contributed by atoms with van der Waals surface area (Å²) in [6.07, 6.45) is 9.51. The SMILES string of the molecule is CC1CCN(C2=C(c3ccc(F)cc3)C(=O)N(C3CCCCCCC3)C2=O)CC1. The number of rotatable bonds is 3. The molecule has 0 bridgehead atoms. The quantitative estimate of drug-likeness (QED) is 0.690. The van der Waals surface area contributed by atoms with E-state index >= 15 is 0 Å². The number of halogens is 1. The molecule has 4 nitrogen and oxygen atoms in total. The molecule has 29 heavy (non-hydrogen) atoms. The summed E-state index contributed by atoms with van der Waals surface area (Å²) in [6.45, 7) is 3.81. The van der Waals surface area contributed by atoms with E-state index in [1.165, 1.54) is 36.3 Å². The van der Waals surface area contributed by atoms with Crippen LogP contribution in [0.1, 0.15) is 70.3 Å². The van der Waals surface area contributed by atoms with Crippen LogP contribution in [-0.4, -0.2) is 40.7 Å². The molecule has 1 saturated carbocycles. The first-order valence-corrected chi connectivity index (χ1v) is 11.2. The Kier molecular flexibility index (Phi) is 6.02. The molecule has 5 heteroatoms. The lowest BCUT2D eigenvalue weighted by atomic mass is 9.95. The largest absolute Gasteiger partial charge is 0.366 e. The fourth-order valence-corrected chi connectivity index (χ4v) is 4.96. The number of carbonyl (C=O) groups excluding carboxylic acids is 2. The maximum Gasteiger partial charge on any atom is 0.278 e. The average Bonchev–Trinajstić information content (AvgIpc) is 2.94. The Morgan fingerprint density at radius 3 is 2.03 bits per heavy atom. The topological polar surface area (TPSA) is 40.6 Å². The van der Waals surface area contributed by atoms with Crippen LogP contribution >= 0.6 is 0 Å². The third-order valence-corrected chi connectivity index (χ3v) is 6.76. The fourth-order valence-electron chi connectivity index (χ4n) is 4.96. The van der Waals surface area contributed by atoms with Crippen molar-refractivity contribution in [3.63, 3.8) is 0 Å². The van der Waals surface area contributed by atoms with Crippen LogP contribution in [0, 0.1) is 11.7 Å². The molecular formula is C24H31FN2O2. The molecule has 1 aromatic carbocycles. The molecule has 0 spiro atoms. The van der Waals surface area contributed by atoms with Gasteiger partial charge in [0.1, 0.15) is 11.5 Å². The van der Waals surface area contributed by atoms with Crippen LogP contribution < -0.4 is 0 Å². The molecule has 0 radical (unpaired) electrons. The molecule has 1 saturated heterocycles. The van der Waals surface area contributed by atoms with E-state index in [-0.39, 0.29) is 23.7 Å². The van der Waals surface area contributed by atoms with Crippen LogP contribution in [0.15, 0.2) is 30.0 Å². The summed E-state index contributed by atoms with van der Waals surface area (Å²) >= 11 is 0. The van der Waals surface area contributed by atoms with E-state index in [4.69, 9.17) is 0 Å². The average molecular weight is 399 g/mol. The summed E-state index contributed by atoms with van der Waals surface area (Å²) in [6, 6.07) is 5.98. The van der Waals surface area contributed by atoms with E-state index in [2.05, 4.69) is 11.8 Å². The predicted octanol–water partition coefficient (Wildman–Crippen LogP) is 4.75. The van der Waals surface area contributed by atoms with Gasteiger partial charge in [-0.25, -0.2) is 4.39 Å². The summed E-state index contributed by atoms with van der Waals surface area (Å²) in [5.74, 6) is -0.0402. The summed E-state index contributed by atoms with van der Waals surface area (Å²) in [5.41, 5.74) is 1.65. The number of hydrogen-bond acceptors (Lipinski definition) is 3. The number of hydrogen-bond donors (Lipinski definition) is 0. The zero-order valence-electron chi connectivity index (χ0n) is 17.3. The number of nitrogens with zero attached hydrogens (tertiary/aromatic N) is 2. The van der Waals surface area contributed by atoms with Crippen LogP contribution in [0.3, 0.4) is 0 Å². The summed E-state index contributed by atoms with van der Waals surface area (Å²) < 4.78 is 13.5. The molecular weight excluding hydrogens is 367 g/mol. The van der Waals surface area contributed by atoms with Gasteiger partial charge in [-0.1, -0.05) is 51.2 Å². The highest BCUT2D eigenvalue weighted by atomic mass is 19.1. The second-order valence-corrected chi connectivity index (χ2v) is 8.88. The monoisotopic (exact) mass is 398 g/mol. The van der Waals surface area contributed by atoms with Crippen molar-refractivity contribution in [1.29, 1.82) is 0 Å². The first-order chi connectivity index (χ1) is 14.1. The highest BCUT2D eigenvalue weighted by molar-refractivity contribution is 6.35. The van der Waals surface area contributed by atoms with Crippen LogP contribution in [-0.2, 0) is 9.59 Å². The number of likely N-dealkylation sites (tertiary alicyclic amines) is 1. The van der Waals surface area contributed by atoms with Crippen molar-refractivity contribution in [1.82, 2.24) is 9.80 Å². The molecule has 2 amide bonds. The minimum atomic E-state index is -0.337. The normalized spacial score (nSPS) is 23.0. The third kappa shape index (κ3) is 4.10. The van der Waals surface area contributed by atoms with E-state index < -0.39 is 0 Å². The van der Waals surface area contributed by atoms with E-state index in [0.717, 1.165) is 51.6 Å². The van der Waals surface area contributed by atoms with Crippen molar-refractivity contribution < 1.29 is 14.0 Å². The minimum absolute atomic E-state index is 0.0213. The zero-order valence-corrected chi connectivity index (χ0v) is 17.3. The molecule has 4 rings (SSSR count). The minimum Gasteiger partial charge on any atom is -0.366 e. The van der Waals surface area contributed by atoms with Gasteiger partial charge in [-0.2, -0.15) is 0 Å². The molecule has 2 aliphatic heterocycles. The number of piperidine rings is 1. The Morgan fingerprint density at radius 2 is 1.41 bits per heavy atom. The standard InChI is InChI=1S/C24H31FN2O2/c1-17-13-15-26(16-14-17)22-21(18-9-11-19(25)12-10-18)23(28)27(24(22)29)20-7-5-3-2-4-6-8-20/h9-12,17,20H,2-8,13-16H2,1H3. The zero-order chi connectivity index (χ0) is 20.4. The van der Waals surface area contributed by atoms with Gasteiger partial charge in [0.05, 0.1) is 5.57 Å². The van der Waals surface area contributed by atoms with Gasteiger partial charge in [0, 0.05) is 19.1 Å². The molecule has 2 heterocycles. The Labute approximate surface area is 172 Å². The van der Waals surface area contributed by atoms with Gasteiger partial charge in [-0.05, 0) is 49.3 Å². The summed E-state index contributed by atoms with van der Waals surface area (Å²) in [4.78, 5) is 30.8. The first kappa shape index (κ1) is 20.1. The maximum atomic E-state index is 13.6. The Hall–Kier alpha value is -2.17. The van der Waals surface area contributed by atoms with Gasteiger partial charge in [0.25, 0.3) is 11.8 Å². The number of amides is 2. The second kappa shape index (κ2) is 8.68. The van der Waals surface area contributed by atoms with Crippen molar-refractivity contribution in [3.05, 3.63) is 41.3 Å². The molecule has 156 valence electrons. The number of carbonyl (C=O) groups is 2. The summed E-state index contributed by atoms with van der Waals surface area (Å²) in [7, 11) is 0. The molecule has 0 aromatic heterocycles. The van der Waals surface area contributed by atoms with E-state index in [9.17, 15) is 14.0 Å². The van der Waals surface area contributed by atoms with Gasteiger partial charge in [-0.15, -0.1) is 0 Å². The van der Waals surface area contributed by atoms with Crippen LogP contribution in [0.2, 0.25) is 0 Å². The molecule has 3 aliphatic rings. The molecule has 2 fully saturated rings. The van der Waals surface area contributed by atoms with Crippen molar-refractivity contribution in [2.24, 2.45) is 5.92 Å². The lowest BCUT2D eigenvalue weighted by molar-refractivity contribution is -0.140. The van der Waals surface area contributed by atoms with Gasteiger partial charge in [0.2, 0.25) is 0 Å². The van der Waals surface area contributed by atoms with Crippen LogP contribution in [0.25, 0.3) is 5.57 Å². The van der Waals surface area contributed by atoms with Crippen molar-refractivity contribution >= 4 is 17.4 Å². The lowest BCUT2D eigenvalue weighted by Crippen LogP contribution is -2.43. The number of benzene rings is 1. The number of imide groups is 1. The highest BCUT2D eigenvalue weighted by Crippen LogP contribution is 2.37. The molecule has 0 atom stereocenters. The molecule has 0 unspecified atom stereocenters. The Bertz CT molecular complexity index is 786. The van der Waals surface area contributed by atoms with Crippen molar-refractivity contribution in [3.8, 4) is 0 Å². The molecule has 0 N–H and O–H groups in total. The van der Waals surface area contributed by atoms with Crippen molar-refractivity contribution in [2.45, 2.75) is 70.8 Å². The summed E-state index contributed by atoms with van der Waals surface area (Å²) in [5, 5.41) is 0. The van der Waals surface area contributed by atoms with Gasteiger partial charge in [-0.3, -0.25) is 14.5 Å². The van der Waals surface area contributed by atoms with E-state index in [1.54, 1.807) is 12.1 Å². The maximum absolute atomic E-state index is 13.6. The Balaban J connectivity index is 1.70. The molecule has 1 aliphatic carbocycles. The predicted molar refractivity (Wildman–Crippen MR) is 111 cm³/mol. The lowest BCUT2D eigenvalue weighted by Gasteiger charge is -2.33.